The SMILES string of the molecule is CN(C)S(=O)(=O)c1ccc(NC(=O)NCC2CC(=O)N(c3ccc(Cl)cc3)C2)cc1. The normalized spacial score (nSPS) is 16.7. The van der Waals surface area contributed by atoms with Crippen LogP contribution >= 0.6 is 11.6 Å². The lowest BCUT2D eigenvalue weighted by molar-refractivity contribution is -0.117. The Kier molecular flexibility index (Phi) is 6.64. The van der Waals surface area contributed by atoms with Crippen molar-refractivity contribution in [1.82, 2.24) is 9.62 Å². The molecule has 1 heterocycles. The fourth-order valence-electron chi connectivity index (χ4n) is 3.12. The van der Waals surface area contributed by atoms with E-state index in [4.69, 9.17) is 11.6 Å². The summed E-state index contributed by atoms with van der Waals surface area (Å²) in [5, 5.41) is 6.03. The van der Waals surface area contributed by atoms with E-state index in [1.807, 2.05) is 0 Å². The molecule has 2 aromatic carbocycles. The molecule has 10 heteroatoms. The molecular formula is C20H23ClN4O4S. The number of halogens is 1. The number of benzene rings is 2. The minimum atomic E-state index is -3.52. The molecule has 0 spiro atoms. The lowest BCUT2D eigenvalue weighted by atomic mass is 10.1. The van der Waals surface area contributed by atoms with Crippen LogP contribution in [-0.2, 0) is 14.8 Å². The number of hydrogen-bond acceptors (Lipinski definition) is 4. The first-order valence-electron chi connectivity index (χ1n) is 9.30. The number of nitrogens with one attached hydrogen (secondary N) is 2. The molecule has 1 aliphatic heterocycles. The van der Waals surface area contributed by atoms with Crippen molar-refractivity contribution in [2.24, 2.45) is 5.92 Å². The predicted octanol–water partition coefficient (Wildman–Crippen LogP) is 2.76. The lowest BCUT2D eigenvalue weighted by Crippen LogP contribution is -2.34. The molecule has 30 heavy (non-hydrogen) atoms. The van der Waals surface area contributed by atoms with Crippen molar-refractivity contribution in [1.29, 1.82) is 0 Å². The second kappa shape index (κ2) is 9.03. The van der Waals surface area contributed by atoms with Crippen molar-refractivity contribution >= 4 is 44.9 Å². The van der Waals surface area contributed by atoms with E-state index in [1.54, 1.807) is 29.2 Å². The van der Waals surface area contributed by atoms with E-state index >= 15 is 0 Å². The Balaban J connectivity index is 1.51. The molecule has 1 atom stereocenters. The largest absolute Gasteiger partial charge is 0.338 e. The van der Waals surface area contributed by atoms with Crippen LogP contribution < -0.4 is 15.5 Å². The van der Waals surface area contributed by atoms with Crippen molar-refractivity contribution < 1.29 is 18.0 Å². The van der Waals surface area contributed by atoms with Gasteiger partial charge in [0.25, 0.3) is 0 Å². The molecule has 0 aromatic heterocycles. The van der Waals surface area contributed by atoms with Gasteiger partial charge >= 0.3 is 6.03 Å². The summed E-state index contributed by atoms with van der Waals surface area (Å²) in [6, 6.07) is 12.6. The molecule has 1 fully saturated rings. The minimum Gasteiger partial charge on any atom is -0.338 e. The molecule has 0 aliphatic carbocycles. The summed E-state index contributed by atoms with van der Waals surface area (Å²) in [5.41, 5.74) is 1.25. The molecule has 8 nitrogen and oxygen atoms in total. The first-order chi connectivity index (χ1) is 14.2. The van der Waals surface area contributed by atoms with Gasteiger partial charge in [0, 0.05) is 55.9 Å². The third-order valence-corrected chi connectivity index (χ3v) is 6.87. The van der Waals surface area contributed by atoms with E-state index in [0.717, 1.165) is 9.99 Å². The third-order valence-electron chi connectivity index (χ3n) is 4.79. The monoisotopic (exact) mass is 450 g/mol. The van der Waals surface area contributed by atoms with E-state index in [9.17, 15) is 18.0 Å². The number of rotatable bonds is 6. The van der Waals surface area contributed by atoms with Gasteiger partial charge < -0.3 is 15.5 Å². The maximum absolute atomic E-state index is 12.3. The van der Waals surface area contributed by atoms with Crippen LogP contribution in [0.15, 0.2) is 53.4 Å². The molecular weight excluding hydrogens is 428 g/mol. The first kappa shape index (κ1) is 22.1. The van der Waals surface area contributed by atoms with Gasteiger partial charge in [0.1, 0.15) is 0 Å². The average molecular weight is 451 g/mol. The van der Waals surface area contributed by atoms with Crippen molar-refractivity contribution in [3.05, 3.63) is 53.6 Å². The van der Waals surface area contributed by atoms with E-state index in [1.165, 1.54) is 38.4 Å². The van der Waals surface area contributed by atoms with E-state index in [2.05, 4.69) is 10.6 Å². The highest BCUT2D eigenvalue weighted by Gasteiger charge is 2.30. The molecule has 1 unspecified atom stereocenters. The molecule has 0 radical (unpaired) electrons. The molecule has 3 rings (SSSR count). The summed E-state index contributed by atoms with van der Waals surface area (Å²) < 4.78 is 25.3. The predicted molar refractivity (Wildman–Crippen MR) is 116 cm³/mol. The summed E-state index contributed by atoms with van der Waals surface area (Å²) >= 11 is 5.89. The van der Waals surface area contributed by atoms with Crippen LogP contribution in [0.4, 0.5) is 16.2 Å². The van der Waals surface area contributed by atoms with Crippen LogP contribution in [0.2, 0.25) is 5.02 Å². The summed E-state index contributed by atoms with van der Waals surface area (Å²) in [5.74, 6) is -0.00578. The topological polar surface area (TPSA) is 98.8 Å². The van der Waals surface area contributed by atoms with Crippen LogP contribution in [0.1, 0.15) is 6.42 Å². The number of nitrogens with zero attached hydrogens (tertiary/aromatic N) is 2. The highest BCUT2D eigenvalue weighted by Crippen LogP contribution is 2.26. The molecule has 160 valence electrons. The molecule has 1 aliphatic rings. The Morgan fingerprint density at radius 1 is 1.13 bits per heavy atom. The first-order valence-corrected chi connectivity index (χ1v) is 11.1. The van der Waals surface area contributed by atoms with Crippen LogP contribution in [0, 0.1) is 5.92 Å². The number of sulfonamides is 1. The Labute approximate surface area is 180 Å². The summed E-state index contributed by atoms with van der Waals surface area (Å²) in [6.07, 6.45) is 0.347. The highest BCUT2D eigenvalue weighted by atomic mass is 35.5. The molecule has 0 bridgehead atoms. The number of urea groups is 1. The van der Waals surface area contributed by atoms with E-state index < -0.39 is 16.1 Å². The highest BCUT2D eigenvalue weighted by molar-refractivity contribution is 7.89. The maximum atomic E-state index is 12.3. The number of carbonyl (C=O) groups excluding carboxylic acids is 2. The zero-order valence-electron chi connectivity index (χ0n) is 16.6. The lowest BCUT2D eigenvalue weighted by Gasteiger charge is -2.17. The fourth-order valence-corrected chi connectivity index (χ4v) is 4.15. The Morgan fingerprint density at radius 2 is 1.77 bits per heavy atom. The van der Waals surface area contributed by atoms with Crippen molar-refractivity contribution in [3.63, 3.8) is 0 Å². The fraction of sp³-hybridized carbons (Fsp3) is 0.300. The summed E-state index contributed by atoms with van der Waals surface area (Å²) in [4.78, 5) is 26.3. The number of amides is 3. The molecule has 3 amide bonds. The van der Waals surface area contributed by atoms with Crippen molar-refractivity contribution in [2.75, 3.05) is 37.4 Å². The van der Waals surface area contributed by atoms with Gasteiger partial charge in [-0.1, -0.05) is 11.6 Å². The van der Waals surface area contributed by atoms with Gasteiger partial charge in [0.2, 0.25) is 15.9 Å². The second-order valence-electron chi connectivity index (χ2n) is 7.20. The number of carbonyl (C=O) groups is 2. The van der Waals surface area contributed by atoms with Crippen LogP contribution in [0.5, 0.6) is 0 Å². The van der Waals surface area contributed by atoms with E-state index in [-0.39, 0.29) is 16.7 Å². The Hall–Kier alpha value is -2.62. The Morgan fingerprint density at radius 3 is 2.37 bits per heavy atom. The van der Waals surface area contributed by atoms with E-state index in [0.29, 0.717) is 30.2 Å². The van der Waals surface area contributed by atoms with Gasteiger partial charge in [-0.25, -0.2) is 17.5 Å². The van der Waals surface area contributed by atoms with Gasteiger partial charge in [-0.3, -0.25) is 4.79 Å². The second-order valence-corrected chi connectivity index (χ2v) is 9.79. The summed E-state index contributed by atoms with van der Waals surface area (Å²) in [7, 11) is -0.608. The standard InChI is InChI=1S/C20H23ClN4O4S/c1-24(2)30(28,29)18-9-5-16(6-10-18)23-20(27)22-12-14-11-19(26)25(13-14)17-7-3-15(21)4-8-17/h3-10,14H,11-13H2,1-2H3,(H2,22,23,27). The van der Waals surface area contributed by atoms with Crippen molar-refractivity contribution in [2.45, 2.75) is 11.3 Å². The van der Waals surface area contributed by atoms with Gasteiger partial charge in [0.05, 0.1) is 4.90 Å². The molecule has 2 aromatic rings. The van der Waals surface area contributed by atoms with Crippen LogP contribution in [-0.4, -0.2) is 51.8 Å². The maximum Gasteiger partial charge on any atom is 0.319 e. The zero-order chi connectivity index (χ0) is 21.9. The van der Waals surface area contributed by atoms with Gasteiger partial charge in [-0.2, -0.15) is 0 Å². The molecule has 0 saturated carbocycles. The number of anilines is 2. The average Bonchev–Trinajstić information content (AvgIpc) is 3.08. The zero-order valence-corrected chi connectivity index (χ0v) is 18.2. The van der Waals surface area contributed by atoms with Crippen molar-refractivity contribution in [3.8, 4) is 0 Å². The van der Waals surface area contributed by atoms with Crippen LogP contribution in [0.25, 0.3) is 0 Å². The quantitative estimate of drug-likeness (QED) is 0.706. The third kappa shape index (κ3) is 5.10. The van der Waals surface area contributed by atoms with Gasteiger partial charge in [0.15, 0.2) is 0 Å². The van der Waals surface area contributed by atoms with Crippen LogP contribution in [0.3, 0.4) is 0 Å². The molecule has 1 saturated heterocycles. The minimum absolute atomic E-state index is 0.00206. The van der Waals surface area contributed by atoms with Gasteiger partial charge in [-0.15, -0.1) is 0 Å². The Bertz CT molecular complexity index is 1020. The molecule has 2 N–H and O–H groups in total. The van der Waals surface area contributed by atoms with Gasteiger partial charge in [-0.05, 0) is 48.5 Å². The number of hydrogen-bond donors (Lipinski definition) is 2. The smallest absolute Gasteiger partial charge is 0.319 e. The summed E-state index contributed by atoms with van der Waals surface area (Å²) in [6.45, 7) is 0.854.